The predicted molar refractivity (Wildman–Crippen MR) is 96.4 cm³/mol. The second-order valence-corrected chi connectivity index (χ2v) is 7.30. The number of nitrogens with zero attached hydrogens (tertiary/aromatic N) is 8. The first-order valence-electron chi connectivity index (χ1n) is 8.77. The molecule has 1 saturated heterocycles. The Hall–Kier alpha value is -3.29. The van der Waals surface area contributed by atoms with E-state index in [1.165, 1.54) is 4.68 Å². The van der Waals surface area contributed by atoms with Crippen LogP contribution in [-0.4, -0.2) is 67.5 Å². The maximum atomic E-state index is 14.3. The van der Waals surface area contributed by atoms with Gasteiger partial charge in [0.25, 0.3) is 5.82 Å². The second-order valence-electron chi connectivity index (χ2n) is 7.30. The SMILES string of the molecule is Cc1nc(C#N)nn1-c1nc(N2CCN(C(=O)OC(C)(C)C)CC2)ncc1F. The summed E-state index contributed by atoms with van der Waals surface area (Å²) in [5.74, 6) is -0.161. The molecule has 1 fully saturated rings. The number of piperazine rings is 1. The Balaban J connectivity index is 1.75. The molecule has 1 aliphatic rings. The molecule has 0 aromatic carbocycles. The van der Waals surface area contributed by atoms with Gasteiger partial charge in [-0.1, -0.05) is 0 Å². The predicted octanol–water partition coefficient (Wildman–Crippen LogP) is 1.43. The number of amides is 1. The molecule has 0 unspecified atom stereocenters. The Morgan fingerprint density at radius 2 is 1.93 bits per heavy atom. The molecule has 0 N–H and O–H groups in total. The van der Waals surface area contributed by atoms with E-state index in [0.717, 1.165) is 6.20 Å². The molecule has 1 amide bonds. The van der Waals surface area contributed by atoms with Crippen molar-refractivity contribution in [3.8, 4) is 11.9 Å². The minimum atomic E-state index is -0.673. The van der Waals surface area contributed by atoms with Gasteiger partial charge in [-0.15, -0.1) is 5.10 Å². The number of carbonyl (C=O) groups is 1. The molecule has 3 rings (SSSR count). The Bertz CT molecular complexity index is 922. The third kappa shape index (κ3) is 4.16. The van der Waals surface area contributed by atoms with Crippen LogP contribution in [0.3, 0.4) is 0 Å². The van der Waals surface area contributed by atoms with Crippen LogP contribution in [0.2, 0.25) is 0 Å². The van der Waals surface area contributed by atoms with Gasteiger partial charge in [-0.2, -0.15) is 14.9 Å². The Morgan fingerprint density at radius 1 is 1.25 bits per heavy atom. The highest BCUT2D eigenvalue weighted by molar-refractivity contribution is 5.68. The van der Waals surface area contributed by atoms with Gasteiger partial charge in [0.15, 0.2) is 11.6 Å². The summed E-state index contributed by atoms with van der Waals surface area (Å²) < 4.78 is 20.8. The molecule has 0 bridgehead atoms. The smallest absolute Gasteiger partial charge is 0.410 e. The minimum absolute atomic E-state index is 0.0666. The van der Waals surface area contributed by atoms with Crippen molar-refractivity contribution < 1.29 is 13.9 Å². The van der Waals surface area contributed by atoms with Gasteiger partial charge in [-0.3, -0.25) is 0 Å². The van der Waals surface area contributed by atoms with Crippen molar-refractivity contribution in [3.63, 3.8) is 0 Å². The number of aryl methyl sites for hydroxylation is 1. The van der Waals surface area contributed by atoms with Gasteiger partial charge in [0.05, 0.1) is 6.20 Å². The number of aromatic nitrogens is 5. The number of carbonyl (C=O) groups excluding carboxylic acids is 1. The molecule has 0 saturated carbocycles. The highest BCUT2D eigenvalue weighted by Gasteiger charge is 2.27. The summed E-state index contributed by atoms with van der Waals surface area (Å²) in [6, 6.07) is 1.82. The van der Waals surface area contributed by atoms with Crippen LogP contribution in [0.5, 0.6) is 0 Å². The van der Waals surface area contributed by atoms with E-state index < -0.39 is 11.4 Å². The Morgan fingerprint density at radius 3 is 2.50 bits per heavy atom. The lowest BCUT2D eigenvalue weighted by Gasteiger charge is -2.35. The molecule has 0 atom stereocenters. The molecular formula is C17H21FN8O2. The lowest BCUT2D eigenvalue weighted by Crippen LogP contribution is -2.50. The number of hydrogen-bond donors (Lipinski definition) is 0. The first-order chi connectivity index (χ1) is 13.2. The van der Waals surface area contributed by atoms with E-state index >= 15 is 0 Å². The average Bonchev–Trinajstić information content (AvgIpc) is 3.01. The van der Waals surface area contributed by atoms with Crippen LogP contribution < -0.4 is 4.90 Å². The first-order valence-corrected chi connectivity index (χ1v) is 8.77. The third-order valence-electron chi connectivity index (χ3n) is 4.00. The fraction of sp³-hybridized carbons (Fsp3) is 0.529. The molecule has 2 aromatic heterocycles. The van der Waals surface area contributed by atoms with Gasteiger partial charge in [-0.25, -0.2) is 19.2 Å². The number of hydrogen-bond acceptors (Lipinski definition) is 8. The van der Waals surface area contributed by atoms with Crippen LogP contribution in [0.15, 0.2) is 6.20 Å². The summed E-state index contributed by atoms with van der Waals surface area (Å²) >= 11 is 0. The van der Waals surface area contributed by atoms with E-state index in [9.17, 15) is 9.18 Å². The highest BCUT2D eigenvalue weighted by atomic mass is 19.1. The van der Waals surface area contributed by atoms with E-state index in [0.29, 0.717) is 38.0 Å². The van der Waals surface area contributed by atoms with Gasteiger partial charge in [-0.05, 0) is 27.7 Å². The molecule has 148 valence electrons. The van der Waals surface area contributed by atoms with Crippen molar-refractivity contribution in [2.75, 3.05) is 31.1 Å². The summed E-state index contributed by atoms with van der Waals surface area (Å²) in [5.41, 5.74) is -0.554. The van der Waals surface area contributed by atoms with Crippen LogP contribution in [0.4, 0.5) is 15.1 Å². The van der Waals surface area contributed by atoms with Crippen LogP contribution in [0.25, 0.3) is 5.82 Å². The fourth-order valence-corrected chi connectivity index (χ4v) is 2.70. The molecule has 10 nitrogen and oxygen atoms in total. The zero-order valence-corrected chi connectivity index (χ0v) is 16.2. The quantitative estimate of drug-likeness (QED) is 0.759. The molecular weight excluding hydrogens is 367 g/mol. The first kappa shape index (κ1) is 19.5. The molecule has 0 radical (unpaired) electrons. The summed E-state index contributed by atoms with van der Waals surface area (Å²) in [7, 11) is 0. The van der Waals surface area contributed by atoms with Crippen molar-refractivity contribution in [1.29, 1.82) is 5.26 Å². The van der Waals surface area contributed by atoms with E-state index in [-0.39, 0.29) is 17.7 Å². The van der Waals surface area contributed by atoms with Crippen molar-refractivity contribution >= 4 is 12.0 Å². The summed E-state index contributed by atoms with van der Waals surface area (Å²) in [5, 5.41) is 12.9. The summed E-state index contributed by atoms with van der Waals surface area (Å²) in [4.78, 5) is 27.9. The van der Waals surface area contributed by atoms with Gasteiger partial charge < -0.3 is 14.5 Å². The molecule has 0 spiro atoms. The van der Waals surface area contributed by atoms with Gasteiger partial charge >= 0.3 is 6.09 Å². The van der Waals surface area contributed by atoms with E-state index in [1.807, 2.05) is 31.7 Å². The van der Waals surface area contributed by atoms with Crippen molar-refractivity contribution in [2.45, 2.75) is 33.3 Å². The highest BCUT2D eigenvalue weighted by Crippen LogP contribution is 2.18. The molecule has 3 heterocycles. The maximum absolute atomic E-state index is 14.3. The maximum Gasteiger partial charge on any atom is 0.410 e. The summed E-state index contributed by atoms with van der Waals surface area (Å²) in [6.45, 7) is 8.89. The summed E-state index contributed by atoms with van der Waals surface area (Å²) in [6.07, 6.45) is 0.695. The standard InChI is InChI=1S/C17H21FN8O2/c1-11-21-13(9-19)23-26(11)14-12(18)10-20-15(22-14)24-5-7-25(8-6-24)16(27)28-17(2,3)4/h10H,5-8H2,1-4H3. The van der Waals surface area contributed by atoms with E-state index in [1.54, 1.807) is 11.8 Å². The number of nitriles is 1. The number of halogens is 1. The molecule has 1 aliphatic heterocycles. The monoisotopic (exact) mass is 388 g/mol. The molecule has 0 aliphatic carbocycles. The van der Waals surface area contributed by atoms with Crippen molar-refractivity contribution in [2.24, 2.45) is 0 Å². The normalized spacial score (nSPS) is 14.7. The third-order valence-corrected chi connectivity index (χ3v) is 4.00. The van der Waals surface area contributed by atoms with E-state index in [4.69, 9.17) is 10.00 Å². The van der Waals surface area contributed by atoms with Crippen LogP contribution in [0, 0.1) is 24.1 Å². The van der Waals surface area contributed by atoms with Crippen LogP contribution >= 0.6 is 0 Å². The largest absolute Gasteiger partial charge is 0.444 e. The Labute approximate surface area is 161 Å². The number of rotatable bonds is 2. The number of ether oxygens (including phenoxy) is 1. The van der Waals surface area contributed by atoms with Crippen molar-refractivity contribution in [3.05, 3.63) is 23.7 Å². The second kappa shape index (κ2) is 7.38. The Kier molecular flexibility index (Phi) is 5.13. The fourth-order valence-electron chi connectivity index (χ4n) is 2.70. The van der Waals surface area contributed by atoms with Gasteiger partial charge in [0.1, 0.15) is 17.5 Å². The van der Waals surface area contributed by atoms with Crippen LogP contribution in [0.1, 0.15) is 32.4 Å². The van der Waals surface area contributed by atoms with E-state index in [2.05, 4.69) is 20.1 Å². The zero-order chi connectivity index (χ0) is 20.5. The lowest BCUT2D eigenvalue weighted by atomic mass is 10.2. The molecule has 2 aromatic rings. The molecule has 28 heavy (non-hydrogen) atoms. The minimum Gasteiger partial charge on any atom is -0.444 e. The molecule has 11 heteroatoms. The van der Waals surface area contributed by atoms with Gasteiger partial charge in [0, 0.05) is 26.2 Å². The number of anilines is 1. The van der Waals surface area contributed by atoms with Crippen LogP contribution in [-0.2, 0) is 4.74 Å². The zero-order valence-electron chi connectivity index (χ0n) is 16.2. The van der Waals surface area contributed by atoms with Gasteiger partial charge in [0.2, 0.25) is 5.95 Å². The topological polar surface area (TPSA) is 113 Å². The van der Waals surface area contributed by atoms with Crippen molar-refractivity contribution in [1.82, 2.24) is 29.6 Å². The lowest BCUT2D eigenvalue weighted by molar-refractivity contribution is 0.0240. The average molecular weight is 388 g/mol.